The van der Waals surface area contributed by atoms with Crippen LogP contribution in [0.25, 0.3) is 0 Å². The maximum atomic E-state index is 12.4. The van der Waals surface area contributed by atoms with E-state index < -0.39 is 5.54 Å². The van der Waals surface area contributed by atoms with E-state index >= 15 is 0 Å². The lowest BCUT2D eigenvalue weighted by molar-refractivity contribution is -0.127. The molecule has 1 aliphatic carbocycles. The fraction of sp³-hybridized carbons (Fsp3) is 0.632. The lowest BCUT2D eigenvalue weighted by Crippen LogP contribution is -2.54. The third kappa shape index (κ3) is 4.87. The van der Waals surface area contributed by atoms with E-state index in [-0.39, 0.29) is 5.91 Å². The van der Waals surface area contributed by atoms with Crippen LogP contribution in [0, 0.1) is 0 Å². The number of hydrogen-bond acceptors (Lipinski definition) is 4. The van der Waals surface area contributed by atoms with Crippen molar-refractivity contribution in [3.8, 4) is 11.5 Å². The first-order valence-electron chi connectivity index (χ1n) is 8.96. The van der Waals surface area contributed by atoms with Gasteiger partial charge < -0.3 is 20.5 Å². The van der Waals surface area contributed by atoms with E-state index in [4.69, 9.17) is 15.2 Å². The Morgan fingerprint density at radius 3 is 2.67 bits per heavy atom. The van der Waals surface area contributed by atoms with Crippen molar-refractivity contribution in [1.82, 2.24) is 5.32 Å². The first-order valence-corrected chi connectivity index (χ1v) is 8.96. The number of amides is 1. The highest BCUT2D eigenvalue weighted by Gasteiger charge is 2.34. The van der Waals surface area contributed by atoms with Gasteiger partial charge in [0.1, 0.15) is 0 Å². The second-order valence-electron chi connectivity index (χ2n) is 6.59. The molecular formula is C19H30N2O3. The van der Waals surface area contributed by atoms with Gasteiger partial charge in [0.25, 0.3) is 0 Å². The molecule has 0 spiro atoms. The maximum Gasteiger partial charge on any atom is 0.240 e. The van der Waals surface area contributed by atoms with Gasteiger partial charge in [0, 0.05) is 6.54 Å². The molecule has 0 atom stereocenters. The van der Waals surface area contributed by atoms with Crippen LogP contribution >= 0.6 is 0 Å². The fourth-order valence-electron chi connectivity index (χ4n) is 3.04. The Morgan fingerprint density at radius 1 is 1.25 bits per heavy atom. The Hall–Kier alpha value is -1.75. The summed E-state index contributed by atoms with van der Waals surface area (Å²) in [5, 5.41) is 2.97. The van der Waals surface area contributed by atoms with Crippen LogP contribution in [0.4, 0.5) is 0 Å². The van der Waals surface area contributed by atoms with Crippen molar-refractivity contribution in [1.29, 1.82) is 0 Å². The zero-order valence-electron chi connectivity index (χ0n) is 14.9. The summed E-state index contributed by atoms with van der Waals surface area (Å²) in [7, 11) is 1.63. The minimum atomic E-state index is -0.703. The first-order chi connectivity index (χ1) is 11.6. The molecule has 1 aromatic rings. The Labute approximate surface area is 144 Å². The molecule has 1 amide bonds. The van der Waals surface area contributed by atoms with Crippen LogP contribution in [0.5, 0.6) is 11.5 Å². The highest BCUT2D eigenvalue weighted by atomic mass is 16.5. The molecule has 0 bridgehead atoms. The summed E-state index contributed by atoms with van der Waals surface area (Å²) in [6, 6.07) is 5.76. The van der Waals surface area contributed by atoms with Crippen molar-refractivity contribution in [3.63, 3.8) is 0 Å². The molecule has 2 rings (SSSR count). The Morgan fingerprint density at radius 2 is 2.00 bits per heavy atom. The van der Waals surface area contributed by atoms with Crippen LogP contribution < -0.4 is 20.5 Å². The standard InChI is InChI=1S/C19H30N2O3/c1-3-4-12-24-16-9-8-15(13-17(16)23-2)14-21-18(22)19(20)10-6-5-7-11-19/h8-9,13H,3-7,10-12,14,20H2,1-2H3,(H,21,22). The number of nitrogens with one attached hydrogen (secondary N) is 1. The number of rotatable bonds is 8. The number of carbonyl (C=O) groups is 1. The third-order valence-corrected chi connectivity index (χ3v) is 4.63. The van der Waals surface area contributed by atoms with Crippen LogP contribution in [-0.2, 0) is 11.3 Å². The predicted octanol–water partition coefficient (Wildman–Crippen LogP) is 3.15. The molecule has 1 aliphatic rings. The molecule has 0 unspecified atom stereocenters. The van der Waals surface area contributed by atoms with Gasteiger partial charge in [0.2, 0.25) is 5.91 Å². The minimum absolute atomic E-state index is 0.0514. The van der Waals surface area contributed by atoms with Crippen molar-refractivity contribution in [2.75, 3.05) is 13.7 Å². The summed E-state index contributed by atoms with van der Waals surface area (Å²) in [6.45, 7) is 3.25. The van der Waals surface area contributed by atoms with Crippen LogP contribution in [0.3, 0.4) is 0 Å². The molecule has 1 aromatic carbocycles. The van der Waals surface area contributed by atoms with Gasteiger partial charge in [-0.1, -0.05) is 38.7 Å². The molecule has 1 saturated carbocycles. The monoisotopic (exact) mass is 334 g/mol. The van der Waals surface area contributed by atoms with Crippen molar-refractivity contribution < 1.29 is 14.3 Å². The summed E-state index contributed by atoms with van der Waals surface area (Å²) >= 11 is 0. The number of hydrogen-bond donors (Lipinski definition) is 2. The van der Waals surface area contributed by atoms with E-state index in [1.54, 1.807) is 7.11 Å². The van der Waals surface area contributed by atoms with E-state index in [1.165, 1.54) is 6.42 Å². The molecule has 5 heteroatoms. The van der Waals surface area contributed by atoms with Crippen molar-refractivity contribution >= 4 is 5.91 Å². The van der Waals surface area contributed by atoms with Crippen LogP contribution in [0.15, 0.2) is 18.2 Å². The highest BCUT2D eigenvalue weighted by Crippen LogP contribution is 2.29. The van der Waals surface area contributed by atoms with Gasteiger partial charge in [-0.15, -0.1) is 0 Å². The van der Waals surface area contributed by atoms with Crippen LogP contribution in [0.1, 0.15) is 57.4 Å². The third-order valence-electron chi connectivity index (χ3n) is 4.63. The summed E-state index contributed by atoms with van der Waals surface area (Å²) < 4.78 is 11.1. The molecule has 0 radical (unpaired) electrons. The largest absolute Gasteiger partial charge is 0.493 e. The quantitative estimate of drug-likeness (QED) is 0.716. The number of methoxy groups -OCH3 is 1. The molecule has 0 aliphatic heterocycles. The maximum absolute atomic E-state index is 12.4. The lowest BCUT2D eigenvalue weighted by atomic mass is 9.82. The molecular weight excluding hydrogens is 304 g/mol. The van der Waals surface area contributed by atoms with E-state index in [1.807, 2.05) is 18.2 Å². The minimum Gasteiger partial charge on any atom is -0.493 e. The summed E-state index contributed by atoms with van der Waals surface area (Å²) in [5.41, 5.74) is 6.53. The second-order valence-corrected chi connectivity index (χ2v) is 6.59. The van der Waals surface area contributed by atoms with Crippen LogP contribution in [-0.4, -0.2) is 25.2 Å². The van der Waals surface area contributed by atoms with E-state index in [0.29, 0.717) is 18.9 Å². The van der Waals surface area contributed by atoms with Crippen molar-refractivity contribution in [2.24, 2.45) is 5.73 Å². The second kappa shape index (κ2) is 8.92. The predicted molar refractivity (Wildman–Crippen MR) is 95.2 cm³/mol. The smallest absolute Gasteiger partial charge is 0.240 e. The van der Waals surface area contributed by atoms with Gasteiger partial charge >= 0.3 is 0 Å². The van der Waals surface area contributed by atoms with Gasteiger partial charge in [0.15, 0.2) is 11.5 Å². The first kappa shape index (κ1) is 18.6. The van der Waals surface area contributed by atoms with Gasteiger partial charge in [-0.05, 0) is 37.0 Å². The SMILES string of the molecule is CCCCOc1ccc(CNC(=O)C2(N)CCCCC2)cc1OC. The zero-order valence-corrected chi connectivity index (χ0v) is 14.9. The molecule has 5 nitrogen and oxygen atoms in total. The molecule has 3 N–H and O–H groups in total. The average Bonchev–Trinajstić information content (AvgIpc) is 2.61. The van der Waals surface area contributed by atoms with Gasteiger partial charge in [-0.2, -0.15) is 0 Å². The summed E-state index contributed by atoms with van der Waals surface area (Å²) in [6.07, 6.45) is 6.87. The molecule has 1 fully saturated rings. The van der Waals surface area contributed by atoms with E-state index in [9.17, 15) is 4.79 Å². The Balaban J connectivity index is 1.93. The van der Waals surface area contributed by atoms with Gasteiger partial charge in [-0.3, -0.25) is 4.79 Å². The van der Waals surface area contributed by atoms with Crippen LogP contribution in [0.2, 0.25) is 0 Å². The number of unbranched alkanes of at least 4 members (excludes halogenated alkanes) is 1. The van der Waals surface area contributed by atoms with E-state index in [2.05, 4.69) is 12.2 Å². The Kier molecular flexibility index (Phi) is 6.91. The molecule has 24 heavy (non-hydrogen) atoms. The normalized spacial score (nSPS) is 16.5. The topological polar surface area (TPSA) is 73.6 Å². The zero-order chi connectivity index (χ0) is 17.4. The molecule has 134 valence electrons. The van der Waals surface area contributed by atoms with Crippen molar-refractivity contribution in [3.05, 3.63) is 23.8 Å². The summed E-state index contributed by atoms with van der Waals surface area (Å²) in [5.74, 6) is 1.38. The number of nitrogens with two attached hydrogens (primary N) is 1. The van der Waals surface area contributed by atoms with E-state index in [0.717, 1.165) is 49.8 Å². The van der Waals surface area contributed by atoms with Gasteiger partial charge in [0.05, 0.1) is 19.3 Å². The fourth-order valence-corrected chi connectivity index (χ4v) is 3.04. The lowest BCUT2D eigenvalue weighted by Gasteiger charge is -2.31. The van der Waals surface area contributed by atoms with Crippen molar-refractivity contribution in [2.45, 2.75) is 64.0 Å². The number of ether oxygens (including phenoxy) is 2. The highest BCUT2D eigenvalue weighted by molar-refractivity contribution is 5.86. The van der Waals surface area contributed by atoms with Gasteiger partial charge in [-0.25, -0.2) is 0 Å². The molecule has 0 heterocycles. The number of benzene rings is 1. The summed E-state index contributed by atoms with van der Waals surface area (Å²) in [4.78, 5) is 12.4. The Bertz CT molecular complexity index is 539. The molecule has 0 aromatic heterocycles. The number of carbonyl (C=O) groups excluding carboxylic acids is 1. The molecule has 0 saturated heterocycles. The average molecular weight is 334 g/mol.